The second-order valence-electron chi connectivity index (χ2n) is 3.16. The summed E-state index contributed by atoms with van der Waals surface area (Å²) in [4.78, 5) is 11.3. The van der Waals surface area contributed by atoms with E-state index in [1.54, 1.807) is 0 Å². The molecule has 5 heteroatoms. The van der Waals surface area contributed by atoms with Crippen molar-refractivity contribution in [3.05, 3.63) is 30.3 Å². The topological polar surface area (TPSA) is 41.1 Å². The normalized spacial score (nSPS) is 9.56. The quantitative estimate of drug-likeness (QED) is 0.663. The Morgan fingerprint density at radius 2 is 2.00 bits per heavy atom. The van der Waals surface area contributed by atoms with Crippen molar-refractivity contribution in [2.24, 2.45) is 0 Å². The van der Waals surface area contributed by atoms with Crippen molar-refractivity contribution >= 4 is 44.9 Å². The van der Waals surface area contributed by atoms with Crippen LogP contribution in [0.1, 0.15) is 12.8 Å². The van der Waals surface area contributed by atoms with Crippen LogP contribution in [0.15, 0.2) is 30.3 Å². The lowest BCUT2D eigenvalue weighted by molar-refractivity contribution is -0.119. The van der Waals surface area contributed by atoms with E-state index in [1.807, 2.05) is 30.3 Å². The molecular weight excluding hydrogens is 288 g/mol. The summed E-state index contributed by atoms with van der Waals surface area (Å²) in [6.07, 6.45) is 1.28. The van der Waals surface area contributed by atoms with Gasteiger partial charge >= 0.3 is 0 Å². The van der Waals surface area contributed by atoms with Crippen LogP contribution in [-0.4, -0.2) is 16.3 Å². The molecule has 0 fully saturated rings. The number of benzene rings is 1. The molecule has 86 valence electrons. The van der Waals surface area contributed by atoms with Crippen molar-refractivity contribution in [1.82, 2.24) is 5.32 Å². The van der Waals surface area contributed by atoms with E-state index < -0.39 is 0 Å². The maximum Gasteiger partial charge on any atom is 0.226 e. The van der Waals surface area contributed by atoms with Gasteiger partial charge in [0.25, 0.3) is 0 Å². The number of carbonyl (C=O) groups is 1. The zero-order valence-electron chi connectivity index (χ0n) is 8.70. The minimum Gasteiger partial charge on any atom is -0.332 e. The highest BCUT2D eigenvalue weighted by molar-refractivity contribution is 9.09. The number of thiocarbonyl (C=S) groups is 1. The Morgan fingerprint density at radius 1 is 1.31 bits per heavy atom. The van der Waals surface area contributed by atoms with Crippen LogP contribution in [0, 0.1) is 0 Å². The molecule has 1 amide bonds. The molecule has 0 unspecified atom stereocenters. The molecule has 0 spiro atoms. The summed E-state index contributed by atoms with van der Waals surface area (Å²) in [5.74, 6) is -0.0621. The van der Waals surface area contributed by atoms with Crippen LogP contribution >= 0.6 is 28.1 Å². The number of alkyl halides is 1. The van der Waals surface area contributed by atoms with Crippen molar-refractivity contribution in [2.45, 2.75) is 12.8 Å². The van der Waals surface area contributed by atoms with Gasteiger partial charge in [-0.2, -0.15) is 0 Å². The first-order valence-corrected chi connectivity index (χ1v) is 6.47. The molecule has 3 nitrogen and oxygen atoms in total. The molecular formula is C11H13BrN2OS. The molecule has 16 heavy (non-hydrogen) atoms. The summed E-state index contributed by atoms with van der Waals surface area (Å²) in [6.45, 7) is 0. The predicted molar refractivity (Wildman–Crippen MR) is 73.8 cm³/mol. The maximum absolute atomic E-state index is 11.3. The molecule has 0 radical (unpaired) electrons. The largest absolute Gasteiger partial charge is 0.332 e. The molecule has 0 aliphatic heterocycles. The Bertz CT molecular complexity index is 356. The van der Waals surface area contributed by atoms with Gasteiger partial charge in [0.05, 0.1) is 0 Å². The molecule has 0 atom stereocenters. The predicted octanol–water partition coefficient (Wildman–Crippen LogP) is 2.67. The van der Waals surface area contributed by atoms with Crippen LogP contribution in [0.4, 0.5) is 5.69 Å². The number of hydrogen-bond donors (Lipinski definition) is 2. The summed E-state index contributed by atoms with van der Waals surface area (Å²) >= 11 is 8.28. The first-order chi connectivity index (χ1) is 7.72. The Hall–Kier alpha value is -0.940. The monoisotopic (exact) mass is 300 g/mol. The summed E-state index contributed by atoms with van der Waals surface area (Å²) < 4.78 is 0. The smallest absolute Gasteiger partial charge is 0.226 e. The third-order valence-corrected chi connectivity index (χ3v) is 2.59. The Morgan fingerprint density at radius 3 is 2.62 bits per heavy atom. The fourth-order valence-electron chi connectivity index (χ4n) is 1.10. The maximum atomic E-state index is 11.3. The number of carbonyl (C=O) groups excluding carboxylic acids is 1. The van der Waals surface area contributed by atoms with Crippen molar-refractivity contribution < 1.29 is 4.79 Å². The number of para-hydroxylation sites is 1. The number of hydrogen-bond acceptors (Lipinski definition) is 2. The van der Waals surface area contributed by atoms with Gasteiger partial charge in [-0.3, -0.25) is 4.79 Å². The van der Waals surface area contributed by atoms with Crippen LogP contribution in [-0.2, 0) is 4.79 Å². The minimum absolute atomic E-state index is 0.0621. The van der Waals surface area contributed by atoms with E-state index in [9.17, 15) is 4.79 Å². The number of halogens is 1. The molecule has 0 aromatic heterocycles. The summed E-state index contributed by atoms with van der Waals surface area (Å²) in [6, 6.07) is 9.49. The van der Waals surface area contributed by atoms with E-state index in [0.717, 1.165) is 17.4 Å². The molecule has 0 saturated carbocycles. The standard InChI is InChI=1S/C11H13BrN2OS/c12-8-4-7-10(15)14-11(16)13-9-5-2-1-3-6-9/h1-3,5-6H,4,7-8H2,(H2,13,14,15,16). The highest BCUT2D eigenvalue weighted by atomic mass is 79.9. The average molecular weight is 301 g/mol. The fourth-order valence-corrected chi connectivity index (χ4v) is 1.61. The van der Waals surface area contributed by atoms with Gasteiger partial charge in [-0.15, -0.1) is 0 Å². The van der Waals surface area contributed by atoms with E-state index in [2.05, 4.69) is 26.6 Å². The second kappa shape index (κ2) is 7.35. The SMILES string of the molecule is O=C(CCCBr)NC(=S)Nc1ccccc1. The van der Waals surface area contributed by atoms with E-state index in [0.29, 0.717) is 11.5 Å². The second-order valence-corrected chi connectivity index (χ2v) is 4.36. The van der Waals surface area contributed by atoms with Gasteiger partial charge in [-0.1, -0.05) is 34.1 Å². The lowest BCUT2D eigenvalue weighted by Gasteiger charge is -2.08. The first kappa shape index (κ1) is 13.1. The van der Waals surface area contributed by atoms with Gasteiger partial charge in [0.15, 0.2) is 5.11 Å². The molecule has 1 rings (SSSR count). The molecule has 0 heterocycles. The van der Waals surface area contributed by atoms with Gasteiger partial charge in [-0.05, 0) is 30.8 Å². The highest BCUT2D eigenvalue weighted by Crippen LogP contribution is 2.04. The lowest BCUT2D eigenvalue weighted by atomic mass is 10.3. The van der Waals surface area contributed by atoms with Crippen molar-refractivity contribution in [3.63, 3.8) is 0 Å². The van der Waals surface area contributed by atoms with E-state index in [4.69, 9.17) is 12.2 Å². The van der Waals surface area contributed by atoms with Gasteiger partial charge in [-0.25, -0.2) is 0 Å². The third kappa shape index (κ3) is 5.23. The van der Waals surface area contributed by atoms with Gasteiger partial charge in [0.2, 0.25) is 5.91 Å². The van der Waals surface area contributed by atoms with Crippen molar-refractivity contribution in [2.75, 3.05) is 10.6 Å². The molecule has 0 aliphatic carbocycles. The molecule has 0 aliphatic rings. The highest BCUT2D eigenvalue weighted by Gasteiger charge is 2.03. The lowest BCUT2D eigenvalue weighted by Crippen LogP contribution is -2.33. The van der Waals surface area contributed by atoms with E-state index in [1.165, 1.54) is 0 Å². The van der Waals surface area contributed by atoms with Crippen LogP contribution in [0.3, 0.4) is 0 Å². The summed E-state index contributed by atoms with van der Waals surface area (Å²) in [7, 11) is 0. The molecule has 2 N–H and O–H groups in total. The number of anilines is 1. The van der Waals surface area contributed by atoms with Crippen LogP contribution in [0.25, 0.3) is 0 Å². The third-order valence-electron chi connectivity index (χ3n) is 1.82. The average Bonchev–Trinajstić information content (AvgIpc) is 2.27. The first-order valence-electron chi connectivity index (χ1n) is 4.94. The summed E-state index contributed by atoms with van der Waals surface area (Å²) in [5, 5.41) is 6.72. The molecule has 0 bridgehead atoms. The number of nitrogens with one attached hydrogen (secondary N) is 2. The molecule has 1 aromatic carbocycles. The fraction of sp³-hybridized carbons (Fsp3) is 0.273. The minimum atomic E-state index is -0.0621. The van der Waals surface area contributed by atoms with Gasteiger partial charge < -0.3 is 10.6 Å². The van der Waals surface area contributed by atoms with Crippen molar-refractivity contribution in [3.8, 4) is 0 Å². The number of amides is 1. The van der Waals surface area contributed by atoms with Crippen LogP contribution in [0.2, 0.25) is 0 Å². The summed E-state index contributed by atoms with van der Waals surface area (Å²) in [5.41, 5.74) is 0.869. The Labute approximate surface area is 109 Å². The van der Waals surface area contributed by atoms with Crippen molar-refractivity contribution in [1.29, 1.82) is 0 Å². The van der Waals surface area contributed by atoms with Crippen LogP contribution in [0.5, 0.6) is 0 Å². The number of rotatable bonds is 4. The Balaban J connectivity index is 2.34. The molecule has 1 aromatic rings. The zero-order chi connectivity index (χ0) is 11.8. The van der Waals surface area contributed by atoms with E-state index in [-0.39, 0.29) is 5.91 Å². The Kier molecular flexibility index (Phi) is 6.03. The van der Waals surface area contributed by atoms with Gasteiger partial charge in [0, 0.05) is 17.4 Å². The van der Waals surface area contributed by atoms with Gasteiger partial charge in [0.1, 0.15) is 0 Å². The zero-order valence-corrected chi connectivity index (χ0v) is 11.1. The van der Waals surface area contributed by atoms with Crippen LogP contribution < -0.4 is 10.6 Å². The molecule has 0 saturated heterocycles. The van der Waals surface area contributed by atoms with E-state index >= 15 is 0 Å².